The number of carboxylic acid groups (broad SMARTS) is 1. The number of hydrogen-bond donors (Lipinski definition) is 4. The number of pyridine rings is 1. The van der Waals surface area contributed by atoms with Crippen LogP contribution in [0.5, 0.6) is 0 Å². The van der Waals surface area contributed by atoms with Crippen LogP contribution in [0.3, 0.4) is 0 Å². The van der Waals surface area contributed by atoms with Crippen LogP contribution in [0.4, 0.5) is 11.5 Å². The Kier molecular flexibility index (Phi) is 12.2. The Balaban J connectivity index is 0.00000578. The number of rotatable bonds is 12. The second kappa shape index (κ2) is 14.3. The maximum Gasteiger partial charge on any atom is 1.00 e. The van der Waals surface area contributed by atoms with Gasteiger partial charge in [-0.2, -0.15) is 0 Å². The standard InChI is InChI=1S/C22H27N5O6.Na.H/c1-14-8-9-16(11-18(14)27(32)33)17(12-22(30)31)26-21(29)13-24-20(28)7-4-10-23-19-6-3-5-15(2)25-19;;/h3,5-6,8-9,11,17H,4,7,10,12-13H2,1-2H3,(H,23,25)(H,24,28)(H,26,29)(H,30,31);;/q;+1;-1. The zero-order chi connectivity index (χ0) is 24.4. The molecule has 0 aliphatic heterocycles. The van der Waals surface area contributed by atoms with Crippen molar-refractivity contribution in [2.75, 3.05) is 18.4 Å². The third-order valence-corrected chi connectivity index (χ3v) is 4.77. The van der Waals surface area contributed by atoms with Crippen molar-refractivity contribution < 1.29 is 55.4 Å². The molecule has 1 unspecified atom stereocenters. The van der Waals surface area contributed by atoms with Crippen LogP contribution < -0.4 is 45.5 Å². The van der Waals surface area contributed by atoms with Gasteiger partial charge in [-0.1, -0.05) is 18.2 Å². The van der Waals surface area contributed by atoms with Crippen LogP contribution in [0, 0.1) is 24.0 Å². The third-order valence-electron chi connectivity index (χ3n) is 4.77. The second-order valence-electron chi connectivity index (χ2n) is 7.49. The molecule has 0 aliphatic rings. The number of benzene rings is 1. The van der Waals surface area contributed by atoms with Gasteiger partial charge in [0.25, 0.3) is 5.69 Å². The van der Waals surface area contributed by atoms with Crippen LogP contribution in [0.1, 0.15) is 43.6 Å². The quantitative estimate of drug-likeness (QED) is 0.135. The van der Waals surface area contributed by atoms with E-state index < -0.39 is 29.3 Å². The van der Waals surface area contributed by atoms with Crippen molar-refractivity contribution in [3.63, 3.8) is 0 Å². The molecule has 2 rings (SSSR count). The van der Waals surface area contributed by atoms with E-state index in [-0.39, 0.29) is 55.5 Å². The molecule has 0 fully saturated rings. The Labute approximate surface area is 220 Å². The molecule has 1 aromatic carbocycles. The third kappa shape index (κ3) is 9.86. The Morgan fingerprint density at radius 1 is 1.18 bits per heavy atom. The predicted molar refractivity (Wildman–Crippen MR) is 122 cm³/mol. The molecule has 0 saturated carbocycles. The second-order valence-corrected chi connectivity index (χ2v) is 7.49. The monoisotopic (exact) mass is 481 g/mol. The fraction of sp³-hybridized carbons (Fsp3) is 0.364. The molecular formula is C22H28N5NaO6. The average Bonchev–Trinajstić information content (AvgIpc) is 2.75. The fourth-order valence-electron chi connectivity index (χ4n) is 3.09. The van der Waals surface area contributed by atoms with Gasteiger partial charge in [0.1, 0.15) is 5.82 Å². The van der Waals surface area contributed by atoms with E-state index in [0.29, 0.717) is 24.1 Å². The molecule has 12 heteroatoms. The minimum atomic E-state index is -1.18. The van der Waals surface area contributed by atoms with Gasteiger partial charge in [-0.05, 0) is 38.0 Å². The summed E-state index contributed by atoms with van der Waals surface area (Å²) in [6.45, 7) is 3.64. The number of aromatic nitrogens is 1. The van der Waals surface area contributed by atoms with Gasteiger partial charge in [-0.25, -0.2) is 4.98 Å². The molecule has 1 aromatic heterocycles. The van der Waals surface area contributed by atoms with Gasteiger partial charge < -0.3 is 22.5 Å². The van der Waals surface area contributed by atoms with E-state index in [1.165, 1.54) is 18.2 Å². The van der Waals surface area contributed by atoms with Gasteiger partial charge in [0.05, 0.1) is 23.9 Å². The van der Waals surface area contributed by atoms with Gasteiger partial charge in [-0.15, -0.1) is 0 Å². The molecule has 0 saturated heterocycles. The van der Waals surface area contributed by atoms with Crippen LogP contribution in [-0.2, 0) is 14.4 Å². The molecule has 0 aliphatic carbocycles. The topological polar surface area (TPSA) is 164 Å². The van der Waals surface area contributed by atoms with E-state index >= 15 is 0 Å². The summed E-state index contributed by atoms with van der Waals surface area (Å²) in [5.41, 5.74) is 1.43. The number of nitro groups is 1. The first-order valence-electron chi connectivity index (χ1n) is 10.4. The number of hydrogen-bond acceptors (Lipinski definition) is 7. The van der Waals surface area contributed by atoms with Crippen LogP contribution in [0.15, 0.2) is 36.4 Å². The first-order chi connectivity index (χ1) is 15.7. The summed E-state index contributed by atoms with van der Waals surface area (Å²) in [6.07, 6.45) is 0.255. The zero-order valence-corrected chi connectivity index (χ0v) is 21.5. The predicted octanol–water partition coefficient (Wildman–Crippen LogP) is -0.636. The number of nitrogens with zero attached hydrogens (tertiary/aromatic N) is 2. The van der Waals surface area contributed by atoms with E-state index in [0.717, 1.165) is 11.5 Å². The number of anilines is 1. The van der Waals surface area contributed by atoms with Crippen LogP contribution in [0.2, 0.25) is 0 Å². The summed E-state index contributed by atoms with van der Waals surface area (Å²) >= 11 is 0. The summed E-state index contributed by atoms with van der Waals surface area (Å²) in [5.74, 6) is -1.39. The Hall–Kier alpha value is -3.02. The molecule has 178 valence electrons. The van der Waals surface area contributed by atoms with E-state index in [4.69, 9.17) is 5.11 Å². The number of aliphatic carboxylic acids is 1. The summed E-state index contributed by atoms with van der Waals surface area (Å²) in [6, 6.07) is 8.89. The first-order valence-corrected chi connectivity index (χ1v) is 10.4. The molecule has 0 bridgehead atoms. The summed E-state index contributed by atoms with van der Waals surface area (Å²) in [5, 5.41) is 28.5. The minimum Gasteiger partial charge on any atom is -1.00 e. The summed E-state index contributed by atoms with van der Waals surface area (Å²) in [4.78, 5) is 50.4. The van der Waals surface area contributed by atoms with Crippen LogP contribution in [-0.4, -0.2) is 45.9 Å². The molecule has 11 nitrogen and oxygen atoms in total. The van der Waals surface area contributed by atoms with Gasteiger partial charge >= 0.3 is 35.5 Å². The Morgan fingerprint density at radius 2 is 1.91 bits per heavy atom. The number of aryl methyl sites for hydroxylation is 2. The number of amides is 2. The van der Waals surface area contributed by atoms with Crippen molar-refractivity contribution in [1.29, 1.82) is 0 Å². The Morgan fingerprint density at radius 3 is 2.56 bits per heavy atom. The normalized spacial score (nSPS) is 11.0. The summed E-state index contributed by atoms with van der Waals surface area (Å²) < 4.78 is 0. The number of nitrogens with one attached hydrogen (secondary N) is 3. The van der Waals surface area contributed by atoms with Crippen molar-refractivity contribution in [3.8, 4) is 0 Å². The van der Waals surface area contributed by atoms with E-state index in [1.54, 1.807) is 6.92 Å². The maximum atomic E-state index is 12.3. The van der Waals surface area contributed by atoms with Gasteiger partial charge in [-0.3, -0.25) is 24.5 Å². The molecule has 1 atom stereocenters. The minimum absolute atomic E-state index is 0. The van der Waals surface area contributed by atoms with Gasteiger partial charge in [0.15, 0.2) is 0 Å². The number of carbonyl (C=O) groups is 3. The molecule has 34 heavy (non-hydrogen) atoms. The van der Waals surface area contributed by atoms with E-state index in [9.17, 15) is 24.5 Å². The van der Waals surface area contributed by atoms with Crippen molar-refractivity contribution in [2.45, 2.75) is 39.2 Å². The maximum absolute atomic E-state index is 12.3. The largest absolute Gasteiger partial charge is 1.00 e. The molecular weight excluding hydrogens is 453 g/mol. The van der Waals surface area contributed by atoms with E-state index in [1.807, 2.05) is 25.1 Å². The van der Waals surface area contributed by atoms with E-state index in [2.05, 4.69) is 20.9 Å². The SMILES string of the molecule is Cc1cccc(NCCCC(=O)NCC(=O)NC(CC(=O)O)c2ccc(C)c([N+](=O)[O-])c2)n1.[H-].[Na+]. The molecule has 0 radical (unpaired) electrons. The number of carbonyl (C=O) groups excluding carboxylic acids is 2. The summed E-state index contributed by atoms with van der Waals surface area (Å²) in [7, 11) is 0. The smallest absolute Gasteiger partial charge is 1.00 e. The van der Waals surface area contributed by atoms with Crippen LogP contribution >= 0.6 is 0 Å². The average molecular weight is 481 g/mol. The molecule has 1 heterocycles. The molecule has 2 amide bonds. The Bertz CT molecular complexity index is 1040. The van der Waals surface area contributed by atoms with Gasteiger partial charge in [0.2, 0.25) is 11.8 Å². The zero-order valence-electron chi connectivity index (χ0n) is 20.5. The van der Waals surface area contributed by atoms with Crippen LogP contribution in [0.25, 0.3) is 0 Å². The number of nitro benzene ring substituents is 1. The first kappa shape index (κ1) is 29.0. The van der Waals surface area contributed by atoms with Crippen molar-refractivity contribution in [3.05, 3.63) is 63.3 Å². The van der Waals surface area contributed by atoms with Crippen molar-refractivity contribution in [1.82, 2.24) is 15.6 Å². The molecule has 0 spiro atoms. The fourth-order valence-corrected chi connectivity index (χ4v) is 3.09. The van der Waals surface area contributed by atoms with Crippen molar-refractivity contribution in [2.24, 2.45) is 0 Å². The molecule has 2 aromatic rings. The van der Waals surface area contributed by atoms with Crippen molar-refractivity contribution >= 4 is 29.3 Å². The molecule has 4 N–H and O–H groups in total. The number of carboxylic acids is 1. The van der Waals surface area contributed by atoms with Gasteiger partial charge in [0, 0.05) is 30.3 Å².